The molecule has 0 aliphatic carbocycles. The van der Waals surface area contributed by atoms with Gasteiger partial charge in [0, 0.05) is 24.5 Å². The Morgan fingerprint density at radius 2 is 2.06 bits per heavy atom. The van der Waals surface area contributed by atoms with Gasteiger partial charge in [0.05, 0.1) is 15.9 Å². The van der Waals surface area contributed by atoms with Crippen molar-refractivity contribution in [2.75, 3.05) is 5.88 Å². The minimum atomic E-state index is 0.0520. The molecule has 18 heavy (non-hydrogen) atoms. The first-order chi connectivity index (χ1) is 8.45. The summed E-state index contributed by atoms with van der Waals surface area (Å²) < 4.78 is 3.20. The van der Waals surface area contributed by atoms with Crippen molar-refractivity contribution in [3.63, 3.8) is 0 Å². The normalized spacial score (nSPS) is 12.1. The lowest BCUT2D eigenvalue weighted by molar-refractivity contribution is 0.368. The van der Waals surface area contributed by atoms with Crippen LogP contribution in [0.4, 0.5) is 0 Å². The quantitative estimate of drug-likeness (QED) is 0.769. The van der Waals surface area contributed by atoms with Crippen molar-refractivity contribution in [2.45, 2.75) is 59.2 Å². The van der Waals surface area contributed by atoms with Crippen LogP contribution in [0.3, 0.4) is 0 Å². The zero-order valence-electron chi connectivity index (χ0n) is 11.7. The van der Waals surface area contributed by atoms with Gasteiger partial charge in [0.15, 0.2) is 0 Å². The summed E-state index contributed by atoms with van der Waals surface area (Å²) in [6, 6.07) is 0. The molecule has 0 aromatic carbocycles. The van der Waals surface area contributed by atoms with Crippen LogP contribution in [0.1, 0.15) is 45.5 Å². The number of nitrogens with zero attached hydrogens (tertiary/aromatic N) is 2. The third-order valence-corrected chi connectivity index (χ3v) is 4.25. The highest BCUT2D eigenvalue weighted by Crippen LogP contribution is 2.23. The predicted molar refractivity (Wildman–Crippen MR) is 81.2 cm³/mol. The molecule has 0 saturated heterocycles. The standard InChI is InChI=1S/C13H23BrClN3/c1-5-10-12(14)11(18(6-2)17-10)9-16-13(3,4)7-8-15/h16H,5-9H2,1-4H3. The second-order valence-electron chi connectivity index (χ2n) is 5.05. The first kappa shape index (κ1) is 16.0. The van der Waals surface area contributed by atoms with Gasteiger partial charge in [0.25, 0.3) is 0 Å². The molecule has 104 valence electrons. The van der Waals surface area contributed by atoms with Gasteiger partial charge < -0.3 is 5.32 Å². The van der Waals surface area contributed by atoms with E-state index in [1.165, 1.54) is 5.69 Å². The zero-order chi connectivity index (χ0) is 13.8. The average molecular weight is 337 g/mol. The van der Waals surface area contributed by atoms with E-state index in [2.05, 4.69) is 58.7 Å². The predicted octanol–water partition coefficient (Wildman–Crippen LogP) is 3.73. The smallest absolute Gasteiger partial charge is 0.0767 e. The van der Waals surface area contributed by atoms with Crippen LogP contribution in [-0.2, 0) is 19.5 Å². The summed E-state index contributed by atoms with van der Waals surface area (Å²) in [5.41, 5.74) is 2.40. The maximum absolute atomic E-state index is 5.82. The molecule has 1 rings (SSSR count). The van der Waals surface area contributed by atoms with Gasteiger partial charge in [-0.15, -0.1) is 11.6 Å². The summed E-state index contributed by atoms with van der Waals surface area (Å²) in [5.74, 6) is 0.675. The molecule has 1 aromatic heterocycles. The first-order valence-corrected chi connectivity index (χ1v) is 7.83. The third-order valence-electron chi connectivity index (χ3n) is 3.15. The van der Waals surface area contributed by atoms with Crippen LogP contribution in [0, 0.1) is 0 Å². The number of rotatable bonds is 7. The molecule has 0 atom stereocenters. The molecule has 1 aromatic rings. The van der Waals surface area contributed by atoms with Gasteiger partial charge in [-0.05, 0) is 49.5 Å². The highest BCUT2D eigenvalue weighted by molar-refractivity contribution is 9.10. The van der Waals surface area contributed by atoms with Crippen LogP contribution in [-0.4, -0.2) is 21.2 Å². The van der Waals surface area contributed by atoms with Crippen molar-refractivity contribution < 1.29 is 0 Å². The van der Waals surface area contributed by atoms with Crippen LogP contribution in [0.15, 0.2) is 4.47 Å². The summed E-state index contributed by atoms with van der Waals surface area (Å²) in [7, 11) is 0. The monoisotopic (exact) mass is 335 g/mol. The van der Waals surface area contributed by atoms with Crippen LogP contribution in [0.2, 0.25) is 0 Å². The largest absolute Gasteiger partial charge is 0.306 e. The molecule has 0 fully saturated rings. The molecule has 0 unspecified atom stereocenters. The van der Waals surface area contributed by atoms with Crippen LogP contribution in [0.5, 0.6) is 0 Å². The molecule has 0 aliphatic heterocycles. The first-order valence-electron chi connectivity index (χ1n) is 6.50. The molecule has 0 spiro atoms. The van der Waals surface area contributed by atoms with E-state index in [9.17, 15) is 0 Å². The van der Waals surface area contributed by atoms with E-state index in [0.717, 1.165) is 36.1 Å². The van der Waals surface area contributed by atoms with E-state index in [-0.39, 0.29) is 5.54 Å². The fourth-order valence-electron chi connectivity index (χ4n) is 1.83. The number of hydrogen-bond acceptors (Lipinski definition) is 2. The van der Waals surface area contributed by atoms with Crippen molar-refractivity contribution in [3.05, 3.63) is 15.9 Å². The third kappa shape index (κ3) is 3.97. The molecule has 0 bridgehead atoms. The number of halogens is 2. The van der Waals surface area contributed by atoms with E-state index in [1.54, 1.807) is 0 Å². The molecular formula is C13H23BrClN3. The topological polar surface area (TPSA) is 29.9 Å². The lowest BCUT2D eigenvalue weighted by Crippen LogP contribution is -2.39. The molecule has 3 nitrogen and oxygen atoms in total. The van der Waals surface area contributed by atoms with Gasteiger partial charge in [0.1, 0.15) is 0 Å². The molecule has 5 heteroatoms. The van der Waals surface area contributed by atoms with E-state index in [0.29, 0.717) is 5.88 Å². The minimum Gasteiger partial charge on any atom is -0.306 e. The summed E-state index contributed by atoms with van der Waals surface area (Å²) >= 11 is 9.48. The lowest BCUT2D eigenvalue weighted by atomic mass is 10.0. The number of hydrogen-bond donors (Lipinski definition) is 1. The van der Waals surface area contributed by atoms with Gasteiger partial charge >= 0.3 is 0 Å². The Bertz CT molecular complexity index is 388. The Labute approximate surface area is 123 Å². The Hall–Kier alpha value is -0.0600. The number of nitrogens with one attached hydrogen (secondary N) is 1. The van der Waals surface area contributed by atoms with Gasteiger partial charge in [0.2, 0.25) is 0 Å². The Kier molecular flexibility index (Phi) is 6.15. The number of alkyl halides is 1. The van der Waals surface area contributed by atoms with Crippen molar-refractivity contribution in [1.29, 1.82) is 0 Å². The highest BCUT2D eigenvalue weighted by Gasteiger charge is 2.19. The second kappa shape index (κ2) is 6.92. The Balaban J connectivity index is 2.80. The maximum atomic E-state index is 5.82. The van der Waals surface area contributed by atoms with Crippen LogP contribution < -0.4 is 5.32 Å². The minimum absolute atomic E-state index is 0.0520. The highest BCUT2D eigenvalue weighted by atomic mass is 79.9. The van der Waals surface area contributed by atoms with E-state index in [1.807, 2.05) is 0 Å². The fourth-order valence-corrected chi connectivity index (χ4v) is 3.01. The van der Waals surface area contributed by atoms with Gasteiger partial charge in [-0.2, -0.15) is 5.10 Å². The van der Waals surface area contributed by atoms with E-state index in [4.69, 9.17) is 11.6 Å². The lowest BCUT2D eigenvalue weighted by Gasteiger charge is -2.25. The maximum Gasteiger partial charge on any atom is 0.0767 e. The van der Waals surface area contributed by atoms with Crippen LogP contribution >= 0.6 is 27.5 Å². The SMILES string of the molecule is CCc1nn(CC)c(CNC(C)(C)CCCl)c1Br. The van der Waals surface area contributed by atoms with Gasteiger partial charge in [-0.25, -0.2) is 0 Å². The van der Waals surface area contributed by atoms with Crippen molar-refractivity contribution in [3.8, 4) is 0 Å². The molecule has 1 heterocycles. The summed E-state index contributed by atoms with van der Waals surface area (Å²) in [5, 5.41) is 8.15. The Morgan fingerprint density at radius 1 is 1.39 bits per heavy atom. The number of aromatic nitrogens is 2. The molecule has 0 amide bonds. The summed E-state index contributed by atoms with van der Waals surface area (Å²) in [4.78, 5) is 0. The molecule has 0 aliphatic rings. The van der Waals surface area contributed by atoms with Crippen LogP contribution in [0.25, 0.3) is 0 Å². The zero-order valence-corrected chi connectivity index (χ0v) is 14.0. The van der Waals surface area contributed by atoms with Gasteiger partial charge in [-0.1, -0.05) is 6.92 Å². The van der Waals surface area contributed by atoms with Crippen molar-refractivity contribution >= 4 is 27.5 Å². The van der Waals surface area contributed by atoms with Crippen molar-refractivity contribution in [1.82, 2.24) is 15.1 Å². The molecule has 1 N–H and O–H groups in total. The molecular weight excluding hydrogens is 314 g/mol. The van der Waals surface area contributed by atoms with Crippen molar-refractivity contribution in [2.24, 2.45) is 0 Å². The molecule has 0 saturated carbocycles. The summed E-state index contributed by atoms with van der Waals surface area (Å²) in [6.07, 6.45) is 1.90. The Morgan fingerprint density at radius 3 is 2.56 bits per heavy atom. The van der Waals surface area contributed by atoms with Gasteiger partial charge in [-0.3, -0.25) is 4.68 Å². The second-order valence-corrected chi connectivity index (χ2v) is 6.22. The average Bonchev–Trinajstić information content (AvgIpc) is 2.63. The number of aryl methyl sites for hydroxylation is 2. The van der Waals surface area contributed by atoms with E-state index >= 15 is 0 Å². The fraction of sp³-hybridized carbons (Fsp3) is 0.769. The van der Waals surface area contributed by atoms with E-state index < -0.39 is 0 Å². The summed E-state index contributed by atoms with van der Waals surface area (Å²) in [6.45, 7) is 10.3. The molecule has 0 radical (unpaired) electrons.